The summed E-state index contributed by atoms with van der Waals surface area (Å²) in [5, 5.41) is 8.80. The van der Waals surface area contributed by atoms with Crippen molar-refractivity contribution in [2.75, 3.05) is 0 Å². The highest BCUT2D eigenvalue weighted by atomic mass is 19.2. The molecule has 0 aliphatic carbocycles. The molecule has 2 aromatic carbocycles. The predicted octanol–water partition coefficient (Wildman–Crippen LogP) is 6.53. The first-order valence-electron chi connectivity index (χ1n) is 8.76. The first-order chi connectivity index (χ1) is 12.1. The number of hydrogen-bond acceptors (Lipinski definition) is 1. The van der Waals surface area contributed by atoms with Crippen LogP contribution in [0.1, 0.15) is 54.9 Å². The second-order valence-electron chi connectivity index (χ2n) is 6.18. The van der Waals surface area contributed by atoms with Crippen LogP contribution in [0.4, 0.5) is 8.78 Å². The summed E-state index contributed by atoms with van der Waals surface area (Å²) in [7, 11) is 0. The summed E-state index contributed by atoms with van der Waals surface area (Å²) < 4.78 is 27.9. The van der Waals surface area contributed by atoms with E-state index in [4.69, 9.17) is 5.26 Å². The maximum atomic E-state index is 14.1. The zero-order valence-electron chi connectivity index (χ0n) is 14.6. The Bertz CT molecular complexity index is 737. The van der Waals surface area contributed by atoms with Crippen LogP contribution in [-0.2, 0) is 12.8 Å². The number of nitriles is 1. The van der Waals surface area contributed by atoms with Gasteiger partial charge in [-0.25, -0.2) is 8.78 Å². The number of nitrogens with zero attached hydrogens (tertiary/aromatic N) is 1. The van der Waals surface area contributed by atoms with Gasteiger partial charge in [-0.15, -0.1) is 0 Å². The van der Waals surface area contributed by atoms with E-state index in [1.165, 1.54) is 0 Å². The van der Waals surface area contributed by atoms with Crippen molar-refractivity contribution in [2.24, 2.45) is 0 Å². The lowest BCUT2D eigenvalue weighted by Crippen LogP contribution is -1.92. The summed E-state index contributed by atoms with van der Waals surface area (Å²) in [4.78, 5) is 0. The number of allylic oxidation sites excluding steroid dienone is 1. The number of unbranched alkanes of at least 4 members (excludes halogenated alkanes) is 2. The maximum absolute atomic E-state index is 14.1. The van der Waals surface area contributed by atoms with Gasteiger partial charge in [-0.2, -0.15) is 5.26 Å². The molecule has 0 amide bonds. The summed E-state index contributed by atoms with van der Waals surface area (Å²) in [6.45, 7) is 2.04. The van der Waals surface area contributed by atoms with Crippen molar-refractivity contribution >= 4 is 5.83 Å². The quantitative estimate of drug-likeness (QED) is 0.501. The molecule has 130 valence electrons. The normalized spacial score (nSPS) is 11.8. The van der Waals surface area contributed by atoms with E-state index in [1.54, 1.807) is 24.3 Å². The SMILES string of the molecule is CCCCCC(F)=C(F)c1ccc(CCc2ccc(C#N)cc2)cc1. The molecule has 0 bridgehead atoms. The highest BCUT2D eigenvalue weighted by molar-refractivity contribution is 5.61. The van der Waals surface area contributed by atoms with E-state index in [1.807, 2.05) is 31.2 Å². The average molecular weight is 339 g/mol. The molecule has 0 fully saturated rings. The highest BCUT2D eigenvalue weighted by Crippen LogP contribution is 2.25. The summed E-state index contributed by atoms with van der Waals surface area (Å²) in [5.74, 6) is -1.39. The molecule has 0 heterocycles. The number of rotatable bonds is 8. The third-order valence-electron chi connectivity index (χ3n) is 4.23. The molecule has 25 heavy (non-hydrogen) atoms. The fourth-order valence-electron chi connectivity index (χ4n) is 2.65. The molecule has 3 heteroatoms. The molecule has 0 atom stereocenters. The van der Waals surface area contributed by atoms with Gasteiger partial charge in [0.2, 0.25) is 0 Å². The van der Waals surface area contributed by atoms with Crippen LogP contribution in [0, 0.1) is 11.3 Å². The molecule has 0 unspecified atom stereocenters. The molecule has 2 rings (SSSR count). The van der Waals surface area contributed by atoms with Crippen LogP contribution in [0.5, 0.6) is 0 Å². The minimum atomic E-state index is -0.741. The van der Waals surface area contributed by atoms with E-state index in [0.717, 1.165) is 36.8 Å². The lowest BCUT2D eigenvalue weighted by Gasteiger charge is -2.05. The van der Waals surface area contributed by atoms with Gasteiger partial charge < -0.3 is 0 Å². The molecule has 0 N–H and O–H groups in total. The van der Waals surface area contributed by atoms with Crippen LogP contribution in [0.2, 0.25) is 0 Å². The molecule has 0 aliphatic heterocycles. The molecular formula is C22H23F2N. The van der Waals surface area contributed by atoms with E-state index in [-0.39, 0.29) is 6.42 Å². The topological polar surface area (TPSA) is 23.8 Å². The fraction of sp³-hybridized carbons (Fsp3) is 0.318. The van der Waals surface area contributed by atoms with Gasteiger partial charge in [0.25, 0.3) is 0 Å². The zero-order chi connectivity index (χ0) is 18.1. The molecule has 0 saturated heterocycles. The van der Waals surface area contributed by atoms with Crippen molar-refractivity contribution in [3.05, 3.63) is 76.6 Å². The number of hydrogen-bond donors (Lipinski definition) is 0. The van der Waals surface area contributed by atoms with Crippen molar-refractivity contribution in [1.29, 1.82) is 5.26 Å². The maximum Gasteiger partial charge on any atom is 0.161 e. The minimum Gasteiger partial charge on any atom is -0.209 e. The van der Waals surface area contributed by atoms with Crippen molar-refractivity contribution in [2.45, 2.75) is 45.4 Å². The van der Waals surface area contributed by atoms with Crippen LogP contribution in [-0.4, -0.2) is 0 Å². The standard InChI is InChI=1S/C22H23F2N/c1-2-3-4-5-21(23)22(24)20-14-12-18(13-15-20)7-6-17-8-10-19(16-25)11-9-17/h8-15H,2-7H2,1H3. The first kappa shape index (κ1) is 18.9. The Morgan fingerprint density at radius 2 is 1.44 bits per heavy atom. The Hall–Kier alpha value is -2.47. The molecule has 0 radical (unpaired) electrons. The van der Waals surface area contributed by atoms with Crippen LogP contribution in [0.15, 0.2) is 54.4 Å². The molecule has 2 aromatic rings. The largest absolute Gasteiger partial charge is 0.209 e. The first-order valence-corrected chi connectivity index (χ1v) is 8.76. The van der Waals surface area contributed by atoms with Crippen molar-refractivity contribution < 1.29 is 8.78 Å². The third-order valence-corrected chi connectivity index (χ3v) is 4.23. The molecule has 0 spiro atoms. The lowest BCUT2D eigenvalue weighted by atomic mass is 10.0. The van der Waals surface area contributed by atoms with E-state index in [2.05, 4.69) is 6.07 Å². The van der Waals surface area contributed by atoms with E-state index in [9.17, 15) is 8.78 Å². The summed E-state index contributed by atoms with van der Waals surface area (Å²) in [6.07, 6.45) is 4.40. The lowest BCUT2D eigenvalue weighted by molar-refractivity contribution is 0.541. The Morgan fingerprint density at radius 3 is 1.96 bits per heavy atom. The molecule has 0 saturated carbocycles. The monoisotopic (exact) mass is 339 g/mol. The van der Waals surface area contributed by atoms with E-state index >= 15 is 0 Å². The van der Waals surface area contributed by atoms with Crippen LogP contribution in [0.25, 0.3) is 5.83 Å². The second-order valence-corrected chi connectivity index (χ2v) is 6.18. The Morgan fingerprint density at radius 1 is 0.880 bits per heavy atom. The van der Waals surface area contributed by atoms with Gasteiger partial charge in [0.05, 0.1) is 11.6 Å². The van der Waals surface area contributed by atoms with Crippen LogP contribution in [0.3, 0.4) is 0 Å². The molecular weight excluding hydrogens is 316 g/mol. The molecule has 0 aliphatic rings. The van der Waals surface area contributed by atoms with Gasteiger partial charge in [-0.05, 0) is 42.5 Å². The van der Waals surface area contributed by atoms with E-state index in [0.29, 0.717) is 17.5 Å². The van der Waals surface area contributed by atoms with Crippen LogP contribution >= 0.6 is 0 Å². The zero-order valence-corrected chi connectivity index (χ0v) is 14.6. The smallest absolute Gasteiger partial charge is 0.161 e. The van der Waals surface area contributed by atoms with Crippen molar-refractivity contribution in [1.82, 2.24) is 0 Å². The number of halogens is 2. The van der Waals surface area contributed by atoms with Gasteiger partial charge in [-0.3, -0.25) is 0 Å². The second kappa shape index (κ2) is 9.74. The summed E-state index contributed by atoms with van der Waals surface area (Å²) in [5.41, 5.74) is 3.18. The Balaban J connectivity index is 1.94. The average Bonchev–Trinajstić information content (AvgIpc) is 2.66. The van der Waals surface area contributed by atoms with Gasteiger partial charge >= 0.3 is 0 Å². The van der Waals surface area contributed by atoms with Crippen molar-refractivity contribution in [3.63, 3.8) is 0 Å². The fourth-order valence-corrected chi connectivity index (χ4v) is 2.65. The highest BCUT2D eigenvalue weighted by Gasteiger charge is 2.09. The third kappa shape index (κ3) is 5.83. The summed E-state index contributed by atoms with van der Waals surface area (Å²) in [6, 6.07) is 16.6. The van der Waals surface area contributed by atoms with Gasteiger partial charge in [-0.1, -0.05) is 56.2 Å². The minimum absolute atomic E-state index is 0.167. The van der Waals surface area contributed by atoms with E-state index < -0.39 is 11.7 Å². The van der Waals surface area contributed by atoms with Crippen molar-refractivity contribution in [3.8, 4) is 6.07 Å². The predicted molar refractivity (Wildman–Crippen MR) is 98.3 cm³/mol. The summed E-state index contributed by atoms with van der Waals surface area (Å²) >= 11 is 0. The molecule has 0 aromatic heterocycles. The number of benzene rings is 2. The van der Waals surface area contributed by atoms with Gasteiger partial charge in [0.15, 0.2) is 5.83 Å². The Kier molecular flexibility index (Phi) is 7.35. The van der Waals surface area contributed by atoms with Crippen LogP contribution < -0.4 is 0 Å². The number of aryl methyl sites for hydroxylation is 2. The van der Waals surface area contributed by atoms with Gasteiger partial charge in [0, 0.05) is 12.0 Å². The van der Waals surface area contributed by atoms with Gasteiger partial charge in [0.1, 0.15) is 5.83 Å². The molecule has 1 nitrogen and oxygen atoms in total. The Labute approximate surface area is 148 Å².